The number of benzene rings is 2. The molecule has 1 fully saturated rings. The highest BCUT2D eigenvalue weighted by molar-refractivity contribution is 7.99. The molecule has 2 aromatic heterocycles. The Morgan fingerprint density at radius 3 is 2.72 bits per heavy atom. The molecule has 1 aliphatic heterocycles. The highest BCUT2D eigenvalue weighted by atomic mass is 32.2. The number of thiazole rings is 1. The van der Waals surface area contributed by atoms with Crippen molar-refractivity contribution in [1.29, 1.82) is 0 Å². The largest absolute Gasteiger partial charge is 0.411 e. The Bertz CT molecular complexity index is 1310. The Morgan fingerprint density at radius 2 is 1.91 bits per heavy atom. The van der Waals surface area contributed by atoms with Gasteiger partial charge in [0.05, 0.1) is 33.6 Å². The Balaban J connectivity index is 1.34. The third-order valence-corrected chi connectivity index (χ3v) is 9.24. The predicted octanol–water partition coefficient (Wildman–Crippen LogP) is 4.22. The van der Waals surface area contributed by atoms with Crippen LogP contribution in [0.4, 0.5) is 0 Å². The molecular formula is C21H20N4O4S3. The molecule has 1 saturated heterocycles. The molecule has 4 aromatic rings. The molecule has 0 unspecified atom stereocenters. The molecule has 0 aliphatic carbocycles. The van der Waals surface area contributed by atoms with Crippen LogP contribution in [0, 0.1) is 0 Å². The van der Waals surface area contributed by atoms with Crippen molar-refractivity contribution in [2.24, 2.45) is 0 Å². The molecule has 11 heteroatoms. The Morgan fingerprint density at radius 1 is 1.09 bits per heavy atom. The van der Waals surface area contributed by atoms with E-state index in [-0.39, 0.29) is 16.0 Å². The van der Waals surface area contributed by atoms with Gasteiger partial charge in [-0.3, -0.25) is 0 Å². The minimum atomic E-state index is -3.60. The van der Waals surface area contributed by atoms with Crippen molar-refractivity contribution in [3.8, 4) is 11.5 Å². The van der Waals surface area contributed by atoms with E-state index < -0.39 is 10.0 Å². The summed E-state index contributed by atoms with van der Waals surface area (Å²) in [5, 5.41) is 9.70. The zero-order valence-corrected chi connectivity index (χ0v) is 19.6. The highest BCUT2D eigenvalue weighted by Gasteiger charge is 2.27. The lowest BCUT2D eigenvalue weighted by Crippen LogP contribution is -2.40. The molecule has 5 rings (SSSR count). The first-order valence-electron chi connectivity index (χ1n) is 10.0. The van der Waals surface area contributed by atoms with Gasteiger partial charge >= 0.3 is 0 Å². The molecule has 0 saturated carbocycles. The first-order chi connectivity index (χ1) is 15.5. The van der Waals surface area contributed by atoms with Crippen molar-refractivity contribution in [1.82, 2.24) is 19.5 Å². The van der Waals surface area contributed by atoms with Gasteiger partial charge in [0.1, 0.15) is 5.01 Å². The molecule has 0 N–H and O–H groups in total. The van der Waals surface area contributed by atoms with Crippen molar-refractivity contribution in [3.63, 3.8) is 0 Å². The Kier molecular flexibility index (Phi) is 5.99. The van der Waals surface area contributed by atoms with E-state index in [0.29, 0.717) is 37.1 Å². The lowest BCUT2D eigenvalue weighted by atomic mass is 10.2. The van der Waals surface area contributed by atoms with E-state index in [4.69, 9.17) is 9.15 Å². The van der Waals surface area contributed by atoms with Crippen LogP contribution >= 0.6 is 23.1 Å². The Labute approximate surface area is 193 Å². The third kappa shape index (κ3) is 4.30. The zero-order chi connectivity index (χ0) is 22.1. The van der Waals surface area contributed by atoms with E-state index in [1.54, 1.807) is 35.6 Å². The molecular weight excluding hydrogens is 468 g/mol. The molecule has 0 amide bonds. The number of fused-ring (bicyclic) bond motifs is 1. The standard InChI is InChI=1S/C21H20N4O4S3/c1-14(20-22-17-7-2-3-8-18(17)31-20)30-21-24-23-19(29-21)15-5-4-6-16(13-15)32(26,27)25-9-11-28-12-10-25/h2-8,13-14H,9-12H2,1H3/t14-/m0/s1. The molecule has 166 valence electrons. The van der Waals surface area contributed by atoms with E-state index >= 15 is 0 Å². The quantitative estimate of drug-likeness (QED) is 0.372. The van der Waals surface area contributed by atoms with Gasteiger partial charge in [-0.05, 0) is 37.3 Å². The summed E-state index contributed by atoms with van der Waals surface area (Å²) in [6.07, 6.45) is 0. The van der Waals surface area contributed by atoms with Crippen LogP contribution in [0.5, 0.6) is 0 Å². The number of ether oxygens (including phenoxy) is 1. The average Bonchev–Trinajstić information content (AvgIpc) is 3.47. The minimum Gasteiger partial charge on any atom is -0.411 e. The van der Waals surface area contributed by atoms with Crippen molar-refractivity contribution < 1.29 is 17.6 Å². The van der Waals surface area contributed by atoms with Gasteiger partial charge in [0.2, 0.25) is 15.9 Å². The van der Waals surface area contributed by atoms with E-state index in [1.807, 2.05) is 25.1 Å². The fourth-order valence-electron chi connectivity index (χ4n) is 3.37. The van der Waals surface area contributed by atoms with Gasteiger partial charge in [-0.1, -0.05) is 30.0 Å². The van der Waals surface area contributed by atoms with Crippen molar-refractivity contribution in [3.05, 3.63) is 53.5 Å². The van der Waals surface area contributed by atoms with Crippen LogP contribution in [-0.4, -0.2) is 54.2 Å². The number of hydrogen-bond acceptors (Lipinski definition) is 9. The zero-order valence-electron chi connectivity index (χ0n) is 17.2. The third-order valence-electron chi connectivity index (χ3n) is 5.03. The summed E-state index contributed by atoms with van der Waals surface area (Å²) in [7, 11) is -3.60. The molecule has 8 nitrogen and oxygen atoms in total. The molecule has 0 radical (unpaired) electrons. The van der Waals surface area contributed by atoms with E-state index in [0.717, 1.165) is 15.2 Å². The summed E-state index contributed by atoms with van der Waals surface area (Å²) in [6.45, 7) is 3.53. The molecule has 0 bridgehead atoms. The number of morpholine rings is 1. The monoisotopic (exact) mass is 488 g/mol. The summed E-state index contributed by atoms with van der Waals surface area (Å²) >= 11 is 3.07. The lowest BCUT2D eigenvalue weighted by molar-refractivity contribution is 0.0730. The maximum Gasteiger partial charge on any atom is 0.277 e. The van der Waals surface area contributed by atoms with E-state index in [9.17, 15) is 8.42 Å². The van der Waals surface area contributed by atoms with Gasteiger partial charge in [0, 0.05) is 18.7 Å². The fourth-order valence-corrected chi connectivity index (χ4v) is 6.68. The fraction of sp³-hybridized carbons (Fsp3) is 0.286. The average molecular weight is 489 g/mol. The highest BCUT2D eigenvalue weighted by Crippen LogP contribution is 2.38. The maximum absolute atomic E-state index is 12.9. The number of rotatable bonds is 6. The molecule has 32 heavy (non-hydrogen) atoms. The molecule has 2 aromatic carbocycles. The summed E-state index contributed by atoms with van der Waals surface area (Å²) in [5.41, 5.74) is 1.54. The van der Waals surface area contributed by atoms with Crippen molar-refractivity contribution in [2.75, 3.05) is 26.3 Å². The van der Waals surface area contributed by atoms with Crippen LogP contribution in [0.3, 0.4) is 0 Å². The van der Waals surface area contributed by atoms with Gasteiger partial charge in [-0.25, -0.2) is 13.4 Å². The van der Waals surface area contributed by atoms with Crippen LogP contribution in [-0.2, 0) is 14.8 Å². The smallest absolute Gasteiger partial charge is 0.277 e. The predicted molar refractivity (Wildman–Crippen MR) is 123 cm³/mol. The molecule has 1 aliphatic rings. The number of aromatic nitrogens is 3. The van der Waals surface area contributed by atoms with Crippen LogP contribution < -0.4 is 0 Å². The SMILES string of the molecule is C[C@H](Sc1nnc(-c2cccc(S(=O)(=O)N3CCOCC3)c2)o1)c1nc2ccccc2s1. The first-order valence-corrected chi connectivity index (χ1v) is 13.2. The summed E-state index contributed by atoms with van der Waals surface area (Å²) < 4.78 is 39.6. The number of thioether (sulfide) groups is 1. The van der Waals surface area contributed by atoms with Gasteiger partial charge in [-0.2, -0.15) is 4.31 Å². The van der Waals surface area contributed by atoms with Crippen LogP contribution in [0.1, 0.15) is 17.2 Å². The number of sulfonamides is 1. The maximum atomic E-state index is 12.9. The number of nitrogens with zero attached hydrogens (tertiary/aromatic N) is 4. The Hall–Kier alpha value is -2.31. The van der Waals surface area contributed by atoms with Gasteiger partial charge < -0.3 is 9.15 Å². The van der Waals surface area contributed by atoms with Gasteiger partial charge in [0.25, 0.3) is 5.22 Å². The summed E-state index contributed by atoms with van der Waals surface area (Å²) in [4.78, 5) is 4.89. The second-order valence-corrected chi connectivity index (χ2v) is 11.5. The van der Waals surface area contributed by atoms with Crippen molar-refractivity contribution >= 4 is 43.3 Å². The number of para-hydroxylation sites is 1. The lowest BCUT2D eigenvalue weighted by Gasteiger charge is -2.26. The van der Waals surface area contributed by atoms with Crippen LogP contribution in [0.25, 0.3) is 21.7 Å². The van der Waals surface area contributed by atoms with E-state index in [1.165, 1.54) is 16.1 Å². The van der Waals surface area contributed by atoms with Crippen LogP contribution in [0.15, 0.2) is 63.1 Å². The van der Waals surface area contributed by atoms with Gasteiger partial charge in [-0.15, -0.1) is 21.5 Å². The molecule has 3 heterocycles. The van der Waals surface area contributed by atoms with E-state index in [2.05, 4.69) is 21.2 Å². The van der Waals surface area contributed by atoms with Gasteiger partial charge in [0.15, 0.2) is 0 Å². The topological polar surface area (TPSA) is 98.4 Å². The van der Waals surface area contributed by atoms with Crippen LogP contribution in [0.2, 0.25) is 0 Å². The normalized spacial score (nSPS) is 16.4. The molecule has 0 spiro atoms. The second kappa shape index (κ2) is 8.91. The summed E-state index contributed by atoms with van der Waals surface area (Å²) in [6, 6.07) is 14.6. The minimum absolute atomic E-state index is 0.0359. The molecule has 1 atom stereocenters. The summed E-state index contributed by atoms with van der Waals surface area (Å²) in [5.74, 6) is 0.281. The first kappa shape index (κ1) is 21.5. The second-order valence-electron chi connectivity index (χ2n) is 7.20. The number of hydrogen-bond donors (Lipinski definition) is 0. The van der Waals surface area contributed by atoms with Crippen molar-refractivity contribution in [2.45, 2.75) is 22.3 Å².